The molecule has 1 unspecified atom stereocenters. The molecule has 2 aromatic carbocycles. The van der Waals surface area contributed by atoms with Gasteiger partial charge in [0.15, 0.2) is 0 Å². The summed E-state index contributed by atoms with van der Waals surface area (Å²) in [5.41, 5.74) is 7.21. The molecule has 2 rings (SSSR count). The summed E-state index contributed by atoms with van der Waals surface area (Å²) < 4.78 is 0. The Balaban J connectivity index is 2.18. The lowest BCUT2D eigenvalue weighted by atomic mass is 9.93. The van der Waals surface area contributed by atoms with Gasteiger partial charge in [0.25, 0.3) is 0 Å². The predicted molar refractivity (Wildman–Crippen MR) is 87.7 cm³/mol. The minimum Gasteiger partial charge on any atom is -0.366 e. The van der Waals surface area contributed by atoms with Crippen molar-refractivity contribution in [3.8, 4) is 0 Å². The fourth-order valence-electron chi connectivity index (χ4n) is 2.40. The number of rotatable bonds is 6. The van der Waals surface area contributed by atoms with E-state index in [2.05, 4.69) is 12.2 Å². The molecule has 22 heavy (non-hydrogen) atoms. The van der Waals surface area contributed by atoms with Gasteiger partial charge in [-0.15, -0.1) is 0 Å². The first-order valence-corrected chi connectivity index (χ1v) is 7.37. The van der Waals surface area contributed by atoms with Gasteiger partial charge in [0.2, 0.25) is 11.8 Å². The lowest BCUT2D eigenvalue weighted by Crippen LogP contribution is -2.21. The van der Waals surface area contributed by atoms with E-state index in [9.17, 15) is 9.59 Å². The highest BCUT2D eigenvalue weighted by molar-refractivity contribution is 5.98. The number of hydrogen-bond acceptors (Lipinski definition) is 2. The van der Waals surface area contributed by atoms with E-state index in [1.807, 2.05) is 30.3 Å². The molecule has 2 aromatic rings. The molecule has 0 aliphatic rings. The van der Waals surface area contributed by atoms with Crippen LogP contribution in [0, 0.1) is 0 Å². The van der Waals surface area contributed by atoms with E-state index in [0.29, 0.717) is 11.3 Å². The molecule has 0 bridgehead atoms. The zero-order valence-electron chi connectivity index (χ0n) is 12.6. The maximum atomic E-state index is 12.6. The SMILES string of the molecule is CCCC(C(=O)Nc1cccc(C(N)=O)c1)c1ccccc1. The number of amides is 2. The fourth-order valence-corrected chi connectivity index (χ4v) is 2.40. The summed E-state index contributed by atoms with van der Waals surface area (Å²) in [6.07, 6.45) is 1.68. The van der Waals surface area contributed by atoms with Gasteiger partial charge in [-0.1, -0.05) is 49.7 Å². The van der Waals surface area contributed by atoms with Crippen LogP contribution in [0.4, 0.5) is 5.69 Å². The first-order chi connectivity index (χ1) is 10.6. The minimum atomic E-state index is -0.510. The molecule has 0 spiro atoms. The summed E-state index contributed by atoms with van der Waals surface area (Å²) in [7, 11) is 0. The fraction of sp³-hybridized carbons (Fsp3) is 0.222. The van der Waals surface area contributed by atoms with Gasteiger partial charge in [0.05, 0.1) is 5.92 Å². The smallest absolute Gasteiger partial charge is 0.248 e. The van der Waals surface area contributed by atoms with Crippen molar-refractivity contribution in [2.45, 2.75) is 25.7 Å². The summed E-state index contributed by atoms with van der Waals surface area (Å²) in [5, 5.41) is 2.87. The Morgan fingerprint density at radius 2 is 1.82 bits per heavy atom. The lowest BCUT2D eigenvalue weighted by molar-refractivity contribution is -0.117. The van der Waals surface area contributed by atoms with Gasteiger partial charge in [-0.3, -0.25) is 9.59 Å². The number of primary amides is 1. The Morgan fingerprint density at radius 1 is 1.09 bits per heavy atom. The third-order valence-electron chi connectivity index (χ3n) is 3.51. The van der Waals surface area contributed by atoms with E-state index < -0.39 is 5.91 Å². The van der Waals surface area contributed by atoms with Crippen molar-refractivity contribution in [1.29, 1.82) is 0 Å². The van der Waals surface area contributed by atoms with Crippen LogP contribution >= 0.6 is 0 Å². The molecule has 114 valence electrons. The summed E-state index contributed by atoms with van der Waals surface area (Å²) in [6.45, 7) is 2.05. The number of hydrogen-bond donors (Lipinski definition) is 2. The number of carbonyl (C=O) groups excluding carboxylic acids is 2. The van der Waals surface area contributed by atoms with Crippen LogP contribution in [0.5, 0.6) is 0 Å². The Labute approximate surface area is 130 Å². The maximum Gasteiger partial charge on any atom is 0.248 e. The topological polar surface area (TPSA) is 72.2 Å². The van der Waals surface area contributed by atoms with Gasteiger partial charge in [-0.25, -0.2) is 0 Å². The van der Waals surface area contributed by atoms with Crippen LogP contribution in [0.1, 0.15) is 41.6 Å². The number of carbonyl (C=O) groups is 2. The van der Waals surface area contributed by atoms with Crippen molar-refractivity contribution in [3.05, 3.63) is 65.7 Å². The first kappa shape index (κ1) is 15.8. The van der Waals surface area contributed by atoms with E-state index in [-0.39, 0.29) is 11.8 Å². The summed E-state index contributed by atoms with van der Waals surface area (Å²) in [4.78, 5) is 23.8. The number of nitrogens with one attached hydrogen (secondary N) is 1. The molecule has 0 heterocycles. The second-order valence-corrected chi connectivity index (χ2v) is 5.19. The number of nitrogens with two attached hydrogens (primary N) is 1. The van der Waals surface area contributed by atoms with Crippen molar-refractivity contribution < 1.29 is 9.59 Å². The Bertz CT molecular complexity index is 653. The monoisotopic (exact) mass is 296 g/mol. The molecule has 1 atom stereocenters. The molecule has 3 N–H and O–H groups in total. The molecular weight excluding hydrogens is 276 g/mol. The van der Waals surface area contributed by atoms with E-state index in [0.717, 1.165) is 18.4 Å². The summed E-state index contributed by atoms with van der Waals surface area (Å²) in [5.74, 6) is -0.789. The van der Waals surface area contributed by atoms with E-state index in [4.69, 9.17) is 5.73 Å². The van der Waals surface area contributed by atoms with Crippen molar-refractivity contribution in [1.82, 2.24) is 0 Å². The molecule has 0 aliphatic heterocycles. The number of anilines is 1. The molecule has 0 aliphatic carbocycles. The summed E-state index contributed by atoms with van der Waals surface area (Å²) in [6, 6.07) is 16.4. The van der Waals surface area contributed by atoms with Gasteiger partial charge < -0.3 is 11.1 Å². The van der Waals surface area contributed by atoms with Gasteiger partial charge in [-0.05, 0) is 30.2 Å². The molecular formula is C18H20N2O2. The first-order valence-electron chi connectivity index (χ1n) is 7.37. The van der Waals surface area contributed by atoms with Crippen molar-refractivity contribution in [2.75, 3.05) is 5.32 Å². The van der Waals surface area contributed by atoms with Gasteiger partial charge in [0.1, 0.15) is 0 Å². The Kier molecular flexibility index (Phi) is 5.31. The molecule has 0 saturated heterocycles. The molecule has 4 nitrogen and oxygen atoms in total. The van der Waals surface area contributed by atoms with Crippen LogP contribution in [-0.4, -0.2) is 11.8 Å². The van der Waals surface area contributed by atoms with Crippen LogP contribution < -0.4 is 11.1 Å². The largest absolute Gasteiger partial charge is 0.366 e. The van der Waals surface area contributed by atoms with Crippen LogP contribution in [-0.2, 0) is 4.79 Å². The molecule has 0 fully saturated rings. The van der Waals surface area contributed by atoms with Gasteiger partial charge in [0, 0.05) is 11.3 Å². The minimum absolute atomic E-state index is 0.0744. The Hall–Kier alpha value is -2.62. The van der Waals surface area contributed by atoms with Crippen molar-refractivity contribution >= 4 is 17.5 Å². The second-order valence-electron chi connectivity index (χ2n) is 5.19. The molecule has 0 aromatic heterocycles. The molecule has 0 saturated carbocycles. The predicted octanol–water partition coefficient (Wildman–Crippen LogP) is 3.31. The van der Waals surface area contributed by atoms with Crippen LogP contribution in [0.3, 0.4) is 0 Å². The van der Waals surface area contributed by atoms with E-state index in [1.165, 1.54) is 0 Å². The van der Waals surface area contributed by atoms with Crippen LogP contribution in [0.15, 0.2) is 54.6 Å². The summed E-state index contributed by atoms with van der Waals surface area (Å²) >= 11 is 0. The highest BCUT2D eigenvalue weighted by Crippen LogP contribution is 2.23. The zero-order chi connectivity index (χ0) is 15.9. The molecule has 4 heteroatoms. The third-order valence-corrected chi connectivity index (χ3v) is 3.51. The molecule has 2 amide bonds. The van der Waals surface area contributed by atoms with Gasteiger partial charge in [-0.2, -0.15) is 0 Å². The molecule has 0 radical (unpaired) electrons. The van der Waals surface area contributed by atoms with Gasteiger partial charge >= 0.3 is 0 Å². The van der Waals surface area contributed by atoms with E-state index in [1.54, 1.807) is 24.3 Å². The standard InChI is InChI=1S/C18H20N2O2/c1-2-7-16(13-8-4-3-5-9-13)18(22)20-15-11-6-10-14(12-15)17(19)21/h3-6,8-12,16H,2,7H2,1H3,(H2,19,21)(H,20,22). The average molecular weight is 296 g/mol. The highest BCUT2D eigenvalue weighted by atomic mass is 16.2. The van der Waals surface area contributed by atoms with Crippen LogP contribution in [0.2, 0.25) is 0 Å². The van der Waals surface area contributed by atoms with Crippen LogP contribution in [0.25, 0.3) is 0 Å². The van der Waals surface area contributed by atoms with E-state index >= 15 is 0 Å². The highest BCUT2D eigenvalue weighted by Gasteiger charge is 2.19. The normalized spacial score (nSPS) is 11.7. The lowest BCUT2D eigenvalue weighted by Gasteiger charge is -2.16. The maximum absolute atomic E-state index is 12.6. The average Bonchev–Trinajstić information content (AvgIpc) is 2.53. The third kappa shape index (κ3) is 3.95. The zero-order valence-corrected chi connectivity index (χ0v) is 12.6. The quantitative estimate of drug-likeness (QED) is 0.858. The van der Waals surface area contributed by atoms with Crippen molar-refractivity contribution in [2.24, 2.45) is 5.73 Å². The van der Waals surface area contributed by atoms with Crippen molar-refractivity contribution in [3.63, 3.8) is 0 Å². The second kappa shape index (κ2) is 7.41. The Morgan fingerprint density at radius 3 is 2.45 bits per heavy atom. The number of benzene rings is 2.